The van der Waals surface area contributed by atoms with Gasteiger partial charge in [0.15, 0.2) is 0 Å². The van der Waals surface area contributed by atoms with Crippen molar-refractivity contribution in [3.05, 3.63) is 30.3 Å². The standard InChI is InChI=1S/C19H23FN2O2/c20-15-11-14(12-15)17(23)21-9-4-7-19(13-21)8-10-22(18(19)24)16-5-2-1-3-6-16/h1-3,5-6,14-15H,4,7-13H2/t14?,15?,19-/m0/s1. The van der Waals surface area contributed by atoms with Crippen molar-refractivity contribution >= 4 is 17.5 Å². The Morgan fingerprint density at radius 3 is 2.58 bits per heavy atom. The molecule has 24 heavy (non-hydrogen) atoms. The second-order valence-corrected chi connectivity index (χ2v) is 7.45. The van der Waals surface area contributed by atoms with Crippen LogP contribution in [0.25, 0.3) is 0 Å². The lowest BCUT2D eigenvalue weighted by molar-refractivity contribution is -0.146. The molecule has 2 aliphatic heterocycles. The Balaban J connectivity index is 1.49. The van der Waals surface area contributed by atoms with Crippen molar-refractivity contribution < 1.29 is 14.0 Å². The number of carbonyl (C=O) groups excluding carboxylic acids is 2. The van der Waals surface area contributed by atoms with E-state index in [0.717, 1.165) is 24.9 Å². The number of benzene rings is 1. The van der Waals surface area contributed by atoms with Gasteiger partial charge in [-0.2, -0.15) is 0 Å². The van der Waals surface area contributed by atoms with Crippen molar-refractivity contribution in [3.8, 4) is 0 Å². The van der Waals surface area contributed by atoms with Crippen LogP contribution in [0, 0.1) is 11.3 Å². The van der Waals surface area contributed by atoms with Gasteiger partial charge in [-0.25, -0.2) is 4.39 Å². The first-order valence-corrected chi connectivity index (χ1v) is 8.89. The SMILES string of the molecule is O=C(C1CC(F)C1)N1CCC[C@]2(CCN(c3ccccc3)C2=O)C1. The molecule has 1 aromatic rings. The molecule has 0 aromatic heterocycles. The second-order valence-electron chi connectivity index (χ2n) is 7.45. The molecule has 0 bridgehead atoms. The van der Waals surface area contributed by atoms with E-state index in [-0.39, 0.29) is 17.7 Å². The van der Waals surface area contributed by atoms with Crippen molar-refractivity contribution in [2.75, 3.05) is 24.5 Å². The molecule has 3 fully saturated rings. The van der Waals surface area contributed by atoms with E-state index in [2.05, 4.69) is 0 Å². The zero-order valence-electron chi connectivity index (χ0n) is 13.8. The van der Waals surface area contributed by atoms with Crippen LogP contribution in [0.15, 0.2) is 30.3 Å². The first-order valence-electron chi connectivity index (χ1n) is 8.89. The number of piperidine rings is 1. The Kier molecular flexibility index (Phi) is 3.82. The molecule has 5 heteroatoms. The summed E-state index contributed by atoms with van der Waals surface area (Å²) >= 11 is 0. The quantitative estimate of drug-likeness (QED) is 0.837. The lowest BCUT2D eigenvalue weighted by atomic mass is 9.76. The molecular weight excluding hydrogens is 307 g/mol. The maximum Gasteiger partial charge on any atom is 0.235 e. The number of nitrogens with zero attached hydrogens (tertiary/aromatic N) is 2. The smallest absolute Gasteiger partial charge is 0.235 e. The zero-order chi connectivity index (χ0) is 16.7. The number of carbonyl (C=O) groups is 2. The zero-order valence-corrected chi connectivity index (χ0v) is 13.8. The van der Waals surface area contributed by atoms with Gasteiger partial charge in [-0.15, -0.1) is 0 Å². The first kappa shape index (κ1) is 15.6. The molecule has 2 saturated heterocycles. The van der Waals surface area contributed by atoms with E-state index in [1.165, 1.54) is 0 Å². The minimum absolute atomic E-state index is 0.0499. The molecule has 1 atom stereocenters. The molecule has 128 valence electrons. The first-order chi connectivity index (χ1) is 11.6. The van der Waals surface area contributed by atoms with Gasteiger partial charge in [-0.3, -0.25) is 9.59 Å². The molecule has 0 unspecified atom stereocenters. The van der Waals surface area contributed by atoms with Gasteiger partial charge in [0.25, 0.3) is 0 Å². The Bertz CT molecular complexity index is 644. The largest absolute Gasteiger partial charge is 0.341 e. The van der Waals surface area contributed by atoms with Crippen LogP contribution in [0.3, 0.4) is 0 Å². The van der Waals surface area contributed by atoms with E-state index >= 15 is 0 Å². The molecule has 2 heterocycles. The fourth-order valence-electron chi connectivity index (χ4n) is 4.38. The third-order valence-electron chi connectivity index (χ3n) is 5.90. The third kappa shape index (κ3) is 2.50. The van der Waals surface area contributed by atoms with Gasteiger partial charge < -0.3 is 9.80 Å². The van der Waals surface area contributed by atoms with Crippen LogP contribution in [0.2, 0.25) is 0 Å². The van der Waals surface area contributed by atoms with Crippen molar-refractivity contribution in [3.63, 3.8) is 0 Å². The number of hydrogen-bond donors (Lipinski definition) is 0. The molecule has 0 radical (unpaired) electrons. The fraction of sp³-hybridized carbons (Fsp3) is 0.579. The van der Waals surface area contributed by atoms with E-state index in [9.17, 15) is 14.0 Å². The summed E-state index contributed by atoms with van der Waals surface area (Å²) in [6.45, 7) is 1.91. The second kappa shape index (κ2) is 5.87. The van der Waals surface area contributed by atoms with Crippen LogP contribution in [0.5, 0.6) is 0 Å². The average Bonchev–Trinajstić information content (AvgIpc) is 2.89. The molecule has 1 aliphatic carbocycles. The van der Waals surface area contributed by atoms with Crippen LogP contribution in [-0.2, 0) is 9.59 Å². The topological polar surface area (TPSA) is 40.6 Å². The number of alkyl halides is 1. The van der Waals surface area contributed by atoms with Crippen molar-refractivity contribution in [2.45, 2.75) is 38.3 Å². The van der Waals surface area contributed by atoms with E-state index < -0.39 is 11.6 Å². The molecule has 1 aromatic carbocycles. The van der Waals surface area contributed by atoms with Gasteiger partial charge in [0, 0.05) is 31.2 Å². The highest BCUT2D eigenvalue weighted by Crippen LogP contribution is 2.43. The van der Waals surface area contributed by atoms with Gasteiger partial charge in [0.2, 0.25) is 11.8 Å². The van der Waals surface area contributed by atoms with Crippen LogP contribution in [-0.4, -0.2) is 42.5 Å². The summed E-state index contributed by atoms with van der Waals surface area (Å²) in [5, 5.41) is 0. The van der Waals surface area contributed by atoms with E-state index in [4.69, 9.17) is 0 Å². The number of para-hydroxylation sites is 1. The molecule has 4 nitrogen and oxygen atoms in total. The maximum absolute atomic E-state index is 13.1. The molecular formula is C19H23FN2O2. The summed E-state index contributed by atoms with van der Waals surface area (Å²) in [4.78, 5) is 29.3. The highest BCUT2D eigenvalue weighted by Gasteiger charge is 2.51. The maximum atomic E-state index is 13.1. The predicted octanol–water partition coefficient (Wildman–Crippen LogP) is 2.78. The van der Waals surface area contributed by atoms with E-state index in [1.807, 2.05) is 40.1 Å². The van der Waals surface area contributed by atoms with E-state index in [1.54, 1.807) is 0 Å². The van der Waals surface area contributed by atoms with Crippen molar-refractivity contribution in [2.24, 2.45) is 11.3 Å². The Labute approximate surface area is 141 Å². The fourth-order valence-corrected chi connectivity index (χ4v) is 4.38. The summed E-state index contributed by atoms with van der Waals surface area (Å²) in [6.07, 6.45) is 2.38. The number of anilines is 1. The van der Waals surface area contributed by atoms with Crippen LogP contribution in [0.1, 0.15) is 32.1 Å². The summed E-state index contributed by atoms with van der Waals surface area (Å²) in [6, 6.07) is 9.73. The Hall–Kier alpha value is -1.91. The summed E-state index contributed by atoms with van der Waals surface area (Å²) in [5.41, 5.74) is 0.491. The van der Waals surface area contributed by atoms with Gasteiger partial charge >= 0.3 is 0 Å². The lowest BCUT2D eigenvalue weighted by Crippen LogP contribution is -2.52. The number of likely N-dealkylation sites (tertiary alicyclic amines) is 1. The van der Waals surface area contributed by atoms with Crippen LogP contribution in [0.4, 0.5) is 10.1 Å². The number of amides is 2. The van der Waals surface area contributed by atoms with Gasteiger partial charge in [0.05, 0.1) is 5.41 Å². The molecule has 1 spiro atoms. The van der Waals surface area contributed by atoms with Gasteiger partial charge in [-0.05, 0) is 44.2 Å². The molecule has 3 aliphatic rings. The normalized spacial score (nSPS) is 33.0. The summed E-state index contributed by atoms with van der Waals surface area (Å²) < 4.78 is 13.1. The van der Waals surface area contributed by atoms with Crippen molar-refractivity contribution in [1.82, 2.24) is 4.90 Å². The highest BCUT2D eigenvalue weighted by molar-refractivity contribution is 6.00. The predicted molar refractivity (Wildman–Crippen MR) is 89.3 cm³/mol. The number of hydrogen-bond acceptors (Lipinski definition) is 2. The molecule has 2 amide bonds. The van der Waals surface area contributed by atoms with Crippen LogP contribution < -0.4 is 4.90 Å². The molecule has 1 saturated carbocycles. The molecule has 0 N–H and O–H groups in total. The average molecular weight is 330 g/mol. The van der Waals surface area contributed by atoms with Gasteiger partial charge in [-0.1, -0.05) is 18.2 Å². The van der Waals surface area contributed by atoms with Gasteiger partial charge in [0.1, 0.15) is 6.17 Å². The summed E-state index contributed by atoms with van der Waals surface area (Å²) in [7, 11) is 0. The van der Waals surface area contributed by atoms with Crippen molar-refractivity contribution in [1.29, 1.82) is 0 Å². The summed E-state index contributed by atoms with van der Waals surface area (Å²) in [5.74, 6) is 0.0222. The highest BCUT2D eigenvalue weighted by atomic mass is 19.1. The molecule has 4 rings (SSSR count). The minimum atomic E-state index is -0.820. The number of halogens is 1. The monoisotopic (exact) mass is 330 g/mol. The lowest BCUT2D eigenvalue weighted by Gasteiger charge is -2.42. The van der Waals surface area contributed by atoms with Crippen LogP contribution >= 0.6 is 0 Å². The minimum Gasteiger partial charge on any atom is -0.341 e. The third-order valence-corrected chi connectivity index (χ3v) is 5.90. The Morgan fingerprint density at radius 2 is 1.88 bits per heavy atom. The number of rotatable bonds is 2. The van der Waals surface area contributed by atoms with E-state index in [0.29, 0.717) is 32.5 Å². The Morgan fingerprint density at radius 1 is 1.12 bits per heavy atom.